The van der Waals surface area contributed by atoms with Gasteiger partial charge in [-0.3, -0.25) is 10.1 Å². The van der Waals surface area contributed by atoms with Crippen LogP contribution in [0.5, 0.6) is 0 Å². The van der Waals surface area contributed by atoms with Crippen LogP contribution in [0.3, 0.4) is 0 Å². The summed E-state index contributed by atoms with van der Waals surface area (Å²) in [4.78, 5) is 23.2. The SMILES string of the molecule is C[C@]1(c2cccs2)NC(=O)NC1=O. The van der Waals surface area contributed by atoms with E-state index in [0.717, 1.165) is 4.88 Å². The van der Waals surface area contributed by atoms with Crippen molar-refractivity contribution in [2.24, 2.45) is 0 Å². The average Bonchev–Trinajstić information content (AvgIpc) is 2.61. The Morgan fingerprint density at radius 1 is 1.46 bits per heavy atom. The largest absolute Gasteiger partial charge is 0.322 e. The Balaban J connectivity index is 2.42. The molecule has 1 atom stereocenters. The molecule has 2 rings (SSSR count). The second-order valence-corrected chi connectivity index (χ2v) is 3.96. The van der Waals surface area contributed by atoms with Gasteiger partial charge in [0.25, 0.3) is 5.91 Å². The summed E-state index contributed by atoms with van der Waals surface area (Å²) in [5.74, 6) is -0.292. The standard InChI is InChI=1S/C8H8N2O2S/c1-8(5-3-2-4-13-5)6(11)9-7(12)10-8/h2-4H,1H3,(H2,9,10,11,12)/t8-/m1/s1. The molecule has 2 N–H and O–H groups in total. The molecule has 2 heterocycles. The first kappa shape index (κ1) is 8.25. The van der Waals surface area contributed by atoms with Gasteiger partial charge in [0.2, 0.25) is 0 Å². The van der Waals surface area contributed by atoms with E-state index in [4.69, 9.17) is 0 Å². The Kier molecular flexibility index (Phi) is 1.63. The normalized spacial score (nSPS) is 27.2. The van der Waals surface area contributed by atoms with Crippen molar-refractivity contribution in [1.29, 1.82) is 0 Å². The van der Waals surface area contributed by atoms with Gasteiger partial charge in [-0.15, -0.1) is 11.3 Å². The number of carbonyl (C=O) groups excluding carboxylic acids is 2. The minimum absolute atomic E-state index is 0.292. The maximum absolute atomic E-state index is 11.4. The average molecular weight is 196 g/mol. The fraction of sp³-hybridized carbons (Fsp3) is 0.250. The number of hydrogen-bond donors (Lipinski definition) is 2. The molecule has 0 spiro atoms. The fourth-order valence-electron chi connectivity index (χ4n) is 1.28. The lowest BCUT2D eigenvalue weighted by molar-refractivity contribution is -0.123. The molecule has 0 radical (unpaired) electrons. The lowest BCUT2D eigenvalue weighted by atomic mass is 10.0. The van der Waals surface area contributed by atoms with Gasteiger partial charge in [0, 0.05) is 4.88 Å². The molecule has 4 nitrogen and oxygen atoms in total. The van der Waals surface area contributed by atoms with Crippen LogP contribution in [0, 0.1) is 0 Å². The van der Waals surface area contributed by atoms with Gasteiger partial charge in [-0.25, -0.2) is 4.79 Å². The Morgan fingerprint density at radius 3 is 2.69 bits per heavy atom. The van der Waals surface area contributed by atoms with E-state index in [-0.39, 0.29) is 5.91 Å². The van der Waals surface area contributed by atoms with Crippen molar-refractivity contribution >= 4 is 23.3 Å². The Morgan fingerprint density at radius 2 is 2.23 bits per heavy atom. The number of urea groups is 1. The van der Waals surface area contributed by atoms with E-state index in [1.54, 1.807) is 6.92 Å². The van der Waals surface area contributed by atoms with E-state index < -0.39 is 11.6 Å². The van der Waals surface area contributed by atoms with Crippen LogP contribution in [0.15, 0.2) is 17.5 Å². The summed E-state index contributed by atoms with van der Waals surface area (Å²) in [5.41, 5.74) is -0.884. The smallest absolute Gasteiger partial charge is 0.319 e. The zero-order valence-electron chi connectivity index (χ0n) is 6.96. The van der Waals surface area contributed by atoms with Crippen molar-refractivity contribution in [3.8, 4) is 0 Å². The number of thiophene rings is 1. The summed E-state index contributed by atoms with van der Waals surface area (Å²) in [6, 6.07) is 3.25. The maximum atomic E-state index is 11.4. The summed E-state index contributed by atoms with van der Waals surface area (Å²) in [6.07, 6.45) is 0. The van der Waals surface area contributed by atoms with Crippen LogP contribution in [-0.4, -0.2) is 11.9 Å². The number of carbonyl (C=O) groups is 2. The fourth-order valence-corrected chi connectivity index (χ4v) is 2.12. The molecule has 0 aliphatic carbocycles. The van der Waals surface area contributed by atoms with E-state index in [1.807, 2.05) is 17.5 Å². The lowest BCUT2D eigenvalue weighted by Gasteiger charge is -2.17. The maximum Gasteiger partial charge on any atom is 0.322 e. The first-order valence-corrected chi connectivity index (χ1v) is 4.68. The summed E-state index contributed by atoms with van der Waals surface area (Å²) in [7, 11) is 0. The van der Waals surface area contributed by atoms with E-state index in [1.165, 1.54) is 11.3 Å². The van der Waals surface area contributed by atoms with Crippen LogP contribution in [-0.2, 0) is 10.3 Å². The predicted octanol–water partition coefficient (Wildman–Crippen LogP) is 0.803. The molecule has 1 aliphatic rings. The number of hydrogen-bond acceptors (Lipinski definition) is 3. The molecular formula is C8H8N2O2S. The minimum Gasteiger partial charge on any atom is -0.319 e. The van der Waals surface area contributed by atoms with E-state index >= 15 is 0 Å². The molecule has 0 aromatic carbocycles. The molecule has 1 saturated heterocycles. The van der Waals surface area contributed by atoms with Crippen molar-refractivity contribution in [2.75, 3.05) is 0 Å². The molecule has 1 aromatic heterocycles. The lowest BCUT2D eigenvalue weighted by Crippen LogP contribution is -2.39. The summed E-state index contributed by atoms with van der Waals surface area (Å²) in [6.45, 7) is 1.69. The minimum atomic E-state index is -0.884. The second kappa shape index (κ2) is 2.56. The van der Waals surface area contributed by atoms with Crippen molar-refractivity contribution in [1.82, 2.24) is 10.6 Å². The van der Waals surface area contributed by atoms with E-state index in [0.29, 0.717) is 0 Å². The van der Waals surface area contributed by atoms with Crippen LogP contribution in [0.2, 0.25) is 0 Å². The molecule has 1 aliphatic heterocycles. The van der Waals surface area contributed by atoms with Crippen LogP contribution < -0.4 is 10.6 Å². The van der Waals surface area contributed by atoms with Crippen LogP contribution in [0.25, 0.3) is 0 Å². The van der Waals surface area contributed by atoms with Gasteiger partial charge < -0.3 is 5.32 Å². The van der Waals surface area contributed by atoms with Gasteiger partial charge >= 0.3 is 6.03 Å². The third-order valence-electron chi connectivity index (χ3n) is 2.06. The number of nitrogens with one attached hydrogen (secondary N) is 2. The molecule has 13 heavy (non-hydrogen) atoms. The number of imide groups is 1. The zero-order valence-corrected chi connectivity index (χ0v) is 7.77. The highest BCUT2D eigenvalue weighted by molar-refractivity contribution is 7.10. The summed E-state index contributed by atoms with van der Waals surface area (Å²) in [5, 5.41) is 6.68. The van der Waals surface area contributed by atoms with Crippen molar-refractivity contribution in [2.45, 2.75) is 12.5 Å². The van der Waals surface area contributed by atoms with Crippen molar-refractivity contribution < 1.29 is 9.59 Å². The zero-order chi connectivity index (χ0) is 9.47. The molecule has 5 heteroatoms. The Hall–Kier alpha value is -1.36. The number of amides is 3. The number of rotatable bonds is 1. The molecule has 68 valence electrons. The predicted molar refractivity (Wildman–Crippen MR) is 48.3 cm³/mol. The molecule has 0 saturated carbocycles. The van der Waals surface area contributed by atoms with Crippen LogP contribution in [0.1, 0.15) is 11.8 Å². The topological polar surface area (TPSA) is 58.2 Å². The monoisotopic (exact) mass is 196 g/mol. The molecule has 1 fully saturated rings. The quantitative estimate of drug-likeness (QED) is 0.653. The van der Waals surface area contributed by atoms with Crippen LogP contribution >= 0.6 is 11.3 Å². The summed E-state index contributed by atoms with van der Waals surface area (Å²) >= 11 is 1.45. The van der Waals surface area contributed by atoms with E-state index in [9.17, 15) is 9.59 Å². The molecule has 0 bridgehead atoms. The second-order valence-electron chi connectivity index (χ2n) is 3.01. The van der Waals surface area contributed by atoms with Gasteiger partial charge in [0.1, 0.15) is 0 Å². The first-order valence-electron chi connectivity index (χ1n) is 3.80. The third kappa shape index (κ3) is 1.12. The summed E-state index contributed by atoms with van der Waals surface area (Å²) < 4.78 is 0. The van der Waals surface area contributed by atoms with Crippen molar-refractivity contribution in [3.63, 3.8) is 0 Å². The third-order valence-corrected chi connectivity index (χ3v) is 3.15. The molecule has 0 unspecified atom stereocenters. The molecular weight excluding hydrogens is 188 g/mol. The molecule has 1 aromatic rings. The van der Waals surface area contributed by atoms with Crippen molar-refractivity contribution in [3.05, 3.63) is 22.4 Å². The highest BCUT2D eigenvalue weighted by Gasteiger charge is 2.43. The Bertz CT molecular complexity index is 360. The Labute approximate surface area is 78.9 Å². The van der Waals surface area contributed by atoms with Gasteiger partial charge in [0.15, 0.2) is 5.54 Å². The first-order chi connectivity index (χ1) is 6.13. The molecule has 3 amide bonds. The van der Waals surface area contributed by atoms with Gasteiger partial charge in [-0.2, -0.15) is 0 Å². The van der Waals surface area contributed by atoms with Gasteiger partial charge in [-0.05, 0) is 18.4 Å². The van der Waals surface area contributed by atoms with Crippen LogP contribution in [0.4, 0.5) is 4.79 Å². The van der Waals surface area contributed by atoms with Gasteiger partial charge in [0.05, 0.1) is 0 Å². The van der Waals surface area contributed by atoms with Gasteiger partial charge in [-0.1, -0.05) is 6.07 Å². The highest BCUT2D eigenvalue weighted by atomic mass is 32.1. The van der Waals surface area contributed by atoms with E-state index in [2.05, 4.69) is 10.6 Å². The highest BCUT2D eigenvalue weighted by Crippen LogP contribution is 2.27.